The maximum Gasteiger partial charge on any atom is 0.230 e. The average Bonchev–Trinajstić information content (AvgIpc) is 3.13. The van der Waals surface area contributed by atoms with E-state index in [0.717, 1.165) is 21.9 Å². The predicted octanol–water partition coefficient (Wildman–Crippen LogP) is 4.27. The van der Waals surface area contributed by atoms with Crippen LogP contribution in [0.25, 0.3) is 10.6 Å². The molecule has 2 aromatic carbocycles. The molecule has 0 spiro atoms. The first kappa shape index (κ1) is 19.6. The molecule has 6 nitrogen and oxygen atoms in total. The largest absolute Gasteiger partial charge is 0.497 e. The lowest BCUT2D eigenvalue weighted by Gasteiger charge is -2.12. The smallest absolute Gasteiger partial charge is 0.230 e. The van der Waals surface area contributed by atoms with Crippen molar-refractivity contribution in [3.8, 4) is 16.3 Å². The van der Waals surface area contributed by atoms with Crippen LogP contribution in [0.2, 0.25) is 0 Å². The summed E-state index contributed by atoms with van der Waals surface area (Å²) in [6.07, 6.45) is 0.177. The highest BCUT2D eigenvalue weighted by atomic mass is 32.1. The Hall–Kier alpha value is -3.19. The van der Waals surface area contributed by atoms with Gasteiger partial charge in [-0.15, -0.1) is 11.3 Å². The van der Waals surface area contributed by atoms with Gasteiger partial charge in [0.1, 0.15) is 10.8 Å². The summed E-state index contributed by atoms with van der Waals surface area (Å²) in [4.78, 5) is 28.3. The minimum atomic E-state index is -0.158. The van der Waals surface area contributed by atoms with Crippen LogP contribution in [0.3, 0.4) is 0 Å². The molecule has 1 heterocycles. The molecule has 2 N–H and O–H groups in total. The lowest BCUT2D eigenvalue weighted by molar-refractivity contribution is -0.116. The number of hydrogen-bond donors (Lipinski definition) is 2. The van der Waals surface area contributed by atoms with Gasteiger partial charge in [-0.05, 0) is 48.9 Å². The van der Waals surface area contributed by atoms with Crippen LogP contribution in [0, 0.1) is 6.92 Å². The van der Waals surface area contributed by atoms with E-state index in [1.807, 2.05) is 42.6 Å². The SMILES string of the molecule is COc1ccc(-c2nc(CC(=O)Nc3cccc(NC(C)=O)c3C)cs2)cc1. The Bertz CT molecular complexity index is 996. The highest BCUT2D eigenvalue weighted by Crippen LogP contribution is 2.27. The molecule has 0 atom stereocenters. The zero-order chi connectivity index (χ0) is 20.1. The summed E-state index contributed by atoms with van der Waals surface area (Å²) in [6.45, 7) is 3.30. The standard InChI is InChI=1S/C21H21N3O3S/c1-13-18(22-14(2)25)5-4-6-19(13)24-20(26)11-16-12-28-21(23-16)15-7-9-17(27-3)10-8-15/h4-10,12H,11H2,1-3H3,(H,22,25)(H,24,26). The molecule has 0 aliphatic heterocycles. The fourth-order valence-electron chi connectivity index (χ4n) is 2.71. The Kier molecular flexibility index (Phi) is 6.06. The molecule has 28 heavy (non-hydrogen) atoms. The number of aromatic nitrogens is 1. The summed E-state index contributed by atoms with van der Waals surface area (Å²) >= 11 is 1.50. The number of thiazole rings is 1. The summed E-state index contributed by atoms with van der Waals surface area (Å²) < 4.78 is 5.17. The van der Waals surface area contributed by atoms with Gasteiger partial charge in [-0.25, -0.2) is 4.98 Å². The van der Waals surface area contributed by atoms with Gasteiger partial charge in [-0.1, -0.05) is 6.07 Å². The van der Waals surface area contributed by atoms with Crippen molar-refractivity contribution < 1.29 is 14.3 Å². The molecule has 0 aliphatic carbocycles. The number of amides is 2. The average molecular weight is 395 g/mol. The summed E-state index contributed by atoms with van der Waals surface area (Å²) in [7, 11) is 1.63. The van der Waals surface area contributed by atoms with Crippen LogP contribution >= 0.6 is 11.3 Å². The fraction of sp³-hybridized carbons (Fsp3) is 0.190. The number of anilines is 2. The van der Waals surface area contributed by atoms with Crippen molar-refractivity contribution in [3.63, 3.8) is 0 Å². The number of hydrogen-bond acceptors (Lipinski definition) is 5. The number of nitrogens with one attached hydrogen (secondary N) is 2. The first-order valence-electron chi connectivity index (χ1n) is 8.72. The zero-order valence-electron chi connectivity index (χ0n) is 15.9. The Labute approximate surface area is 167 Å². The molecule has 3 aromatic rings. The monoisotopic (exact) mass is 395 g/mol. The highest BCUT2D eigenvalue weighted by molar-refractivity contribution is 7.13. The van der Waals surface area contributed by atoms with Crippen molar-refractivity contribution in [2.45, 2.75) is 20.3 Å². The van der Waals surface area contributed by atoms with Crippen LogP contribution in [0.4, 0.5) is 11.4 Å². The Morgan fingerprint density at radius 2 is 1.75 bits per heavy atom. The van der Waals surface area contributed by atoms with E-state index in [-0.39, 0.29) is 18.2 Å². The van der Waals surface area contributed by atoms with Gasteiger partial charge in [-0.2, -0.15) is 0 Å². The van der Waals surface area contributed by atoms with Crippen molar-refractivity contribution >= 4 is 34.5 Å². The summed E-state index contributed by atoms with van der Waals surface area (Å²) in [5.41, 5.74) is 3.85. The molecule has 0 aliphatic rings. The minimum Gasteiger partial charge on any atom is -0.497 e. The first-order chi connectivity index (χ1) is 13.5. The number of benzene rings is 2. The third-order valence-electron chi connectivity index (χ3n) is 4.15. The molecule has 144 valence electrons. The van der Waals surface area contributed by atoms with Crippen LogP contribution in [-0.2, 0) is 16.0 Å². The zero-order valence-corrected chi connectivity index (χ0v) is 16.7. The Morgan fingerprint density at radius 1 is 1.07 bits per heavy atom. The van der Waals surface area contributed by atoms with E-state index in [1.54, 1.807) is 19.2 Å². The number of carbonyl (C=O) groups excluding carboxylic acids is 2. The van der Waals surface area contributed by atoms with Crippen LogP contribution in [0.15, 0.2) is 47.8 Å². The minimum absolute atomic E-state index is 0.153. The fourth-order valence-corrected chi connectivity index (χ4v) is 3.54. The second kappa shape index (κ2) is 8.67. The van der Waals surface area contributed by atoms with Gasteiger partial charge in [0.15, 0.2) is 0 Å². The van der Waals surface area contributed by atoms with Gasteiger partial charge >= 0.3 is 0 Å². The molecule has 2 amide bonds. The van der Waals surface area contributed by atoms with Crippen molar-refractivity contribution in [2.75, 3.05) is 17.7 Å². The highest BCUT2D eigenvalue weighted by Gasteiger charge is 2.12. The van der Waals surface area contributed by atoms with Gasteiger partial charge in [0, 0.05) is 29.2 Å². The number of methoxy groups -OCH3 is 1. The number of carbonyl (C=O) groups is 2. The van der Waals surface area contributed by atoms with Crippen LogP contribution < -0.4 is 15.4 Å². The summed E-state index contributed by atoms with van der Waals surface area (Å²) in [5.74, 6) is 0.478. The lowest BCUT2D eigenvalue weighted by atomic mass is 10.1. The quantitative estimate of drug-likeness (QED) is 0.653. The second-order valence-electron chi connectivity index (χ2n) is 6.26. The number of ether oxygens (including phenoxy) is 1. The van der Waals surface area contributed by atoms with E-state index in [9.17, 15) is 9.59 Å². The summed E-state index contributed by atoms with van der Waals surface area (Å²) in [5, 5.41) is 8.39. The molecule has 1 aromatic heterocycles. The van der Waals surface area contributed by atoms with Gasteiger partial charge in [-0.3, -0.25) is 9.59 Å². The van der Waals surface area contributed by atoms with Crippen molar-refractivity contribution in [2.24, 2.45) is 0 Å². The first-order valence-corrected chi connectivity index (χ1v) is 9.60. The van der Waals surface area contributed by atoms with E-state index in [1.165, 1.54) is 18.3 Å². The molecule has 0 unspecified atom stereocenters. The van der Waals surface area contributed by atoms with Gasteiger partial charge in [0.05, 0.1) is 19.2 Å². The third kappa shape index (κ3) is 4.75. The van der Waals surface area contributed by atoms with Crippen molar-refractivity contribution in [1.29, 1.82) is 0 Å². The van der Waals surface area contributed by atoms with Crippen LogP contribution in [0.1, 0.15) is 18.2 Å². The predicted molar refractivity (Wildman–Crippen MR) is 112 cm³/mol. The summed E-state index contributed by atoms with van der Waals surface area (Å²) in [6, 6.07) is 13.0. The van der Waals surface area contributed by atoms with E-state index < -0.39 is 0 Å². The van der Waals surface area contributed by atoms with Gasteiger partial charge < -0.3 is 15.4 Å². The molecular weight excluding hydrogens is 374 g/mol. The van der Waals surface area contributed by atoms with Crippen molar-refractivity contribution in [3.05, 3.63) is 59.1 Å². The topological polar surface area (TPSA) is 80.3 Å². The lowest BCUT2D eigenvalue weighted by Crippen LogP contribution is -2.16. The molecular formula is C21H21N3O3S. The van der Waals surface area contributed by atoms with Gasteiger partial charge in [0.2, 0.25) is 11.8 Å². The van der Waals surface area contributed by atoms with E-state index in [2.05, 4.69) is 15.6 Å². The molecule has 0 saturated heterocycles. The molecule has 0 fully saturated rings. The Morgan fingerprint density at radius 3 is 2.39 bits per heavy atom. The van der Waals surface area contributed by atoms with Crippen molar-refractivity contribution in [1.82, 2.24) is 4.98 Å². The second-order valence-corrected chi connectivity index (χ2v) is 7.11. The molecule has 7 heteroatoms. The molecule has 0 radical (unpaired) electrons. The Balaban J connectivity index is 1.67. The molecule has 0 saturated carbocycles. The number of rotatable bonds is 6. The maximum absolute atomic E-state index is 12.4. The van der Waals surface area contributed by atoms with E-state index in [0.29, 0.717) is 17.1 Å². The van der Waals surface area contributed by atoms with E-state index in [4.69, 9.17) is 4.74 Å². The van der Waals surface area contributed by atoms with Crippen LogP contribution in [-0.4, -0.2) is 23.9 Å². The van der Waals surface area contributed by atoms with Gasteiger partial charge in [0.25, 0.3) is 0 Å². The van der Waals surface area contributed by atoms with E-state index >= 15 is 0 Å². The molecule has 3 rings (SSSR count). The van der Waals surface area contributed by atoms with Crippen LogP contribution in [0.5, 0.6) is 5.75 Å². The maximum atomic E-state index is 12.4. The third-order valence-corrected chi connectivity index (χ3v) is 5.09. The molecule has 0 bridgehead atoms. The normalized spacial score (nSPS) is 10.4. The number of nitrogens with zero attached hydrogens (tertiary/aromatic N) is 1.